The predicted octanol–water partition coefficient (Wildman–Crippen LogP) is 0.368. The average molecular weight is 435 g/mol. The van der Waals surface area contributed by atoms with Gasteiger partial charge in [0.2, 0.25) is 11.8 Å². The van der Waals surface area contributed by atoms with Crippen molar-refractivity contribution >= 4 is 17.6 Å². The van der Waals surface area contributed by atoms with Crippen LogP contribution in [-0.4, -0.2) is 62.6 Å². The lowest BCUT2D eigenvalue weighted by atomic mass is 9.77. The molecule has 31 heavy (non-hydrogen) atoms. The molecule has 2 heterocycles. The Morgan fingerprint density at radius 1 is 1.29 bits per heavy atom. The van der Waals surface area contributed by atoms with Crippen LogP contribution >= 0.6 is 0 Å². The molecule has 0 bridgehead atoms. The van der Waals surface area contributed by atoms with Crippen molar-refractivity contribution < 1.29 is 24.9 Å². The third-order valence-corrected chi connectivity index (χ3v) is 6.24. The van der Waals surface area contributed by atoms with E-state index in [0.29, 0.717) is 25.7 Å². The number of hydrogen-bond donors (Lipinski definition) is 6. The summed E-state index contributed by atoms with van der Waals surface area (Å²) in [4.78, 5) is 28.3. The first-order valence-corrected chi connectivity index (χ1v) is 11.1. The minimum atomic E-state index is -1.85. The molecule has 0 radical (unpaired) electrons. The van der Waals surface area contributed by atoms with Crippen molar-refractivity contribution in [2.45, 2.75) is 88.7 Å². The topological polar surface area (TPSA) is 144 Å². The van der Waals surface area contributed by atoms with E-state index in [9.17, 15) is 24.9 Å². The molecule has 0 aromatic carbocycles. The van der Waals surface area contributed by atoms with Crippen LogP contribution in [0.4, 0.5) is 5.82 Å². The van der Waals surface area contributed by atoms with Crippen molar-refractivity contribution in [3.05, 3.63) is 23.4 Å². The zero-order chi connectivity index (χ0) is 22.4. The number of hydrogen-bond acceptors (Lipinski definition) is 7. The van der Waals surface area contributed by atoms with Crippen LogP contribution in [0.2, 0.25) is 0 Å². The standard InChI is InChI=1S/C22H34N4O5/c1-14(27)24-19(21(29)30)22(31)11-9-17(10-12-22)25-18(28)6-2-5-16-8-7-15-4-3-13-23-20(15)26-16/h7-8,17,19,21,29-31H,2-6,9-13H2,1H3,(H,23,26)(H,24,27)(H,25,28). The summed E-state index contributed by atoms with van der Waals surface area (Å²) in [5.41, 5.74) is 0.822. The Bertz CT molecular complexity index is 777. The molecule has 9 nitrogen and oxygen atoms in total. The van der Waals surface area contributed by atoms with Crippen LogP contribution in [0.5, 0.6) is 0 Å². The van der Waals surface area contributed by atoms with Crippen LogP contribution in [0.1, 0.15) is 63.1 Å². The van der Waals surface area contributed by atoms with Crippen molar-refractivity contribution in [2.75, 3.05) is 11.9 Å². The molecule has 0 saturated heterocycles. The van der Waals surface area contributed by atoms with Crippen molar-refractivity contribution in [2.24, 2.45) is 0 Å². The number of aromatic nitrogens is 1. The number of carbonyl (C=O) groups excluding carboxylic acids is 2. The molecular weight excluding hydrogens is 400 g/mol. The number of fused-ring (bicyclic) bond motifs is 1. The number of nitrogens with zero attached hydrogens (tertiary/aromatic N) is 1. The second-order valence-electron chi connectivity index (χ2n) is 8.73. The van der Waals surface area contributed by atoms with Crippen LogP contribution in [0.25, 0.3) is 0 Å². The van der Waals surface area contributed by atoms with Gasteiger partial charge in [0.05, 0.1) is 5.60 Å². The van der Waals surface area contributed by atoms with Gasteiger partial charge in [-0.2, -0.15) is 0 Å². The molecule has 1 aliphatic heterocycles. The summed E-state index contributed by atoms with van der Waals surface area (Å²) < 4.78 is 0. The summed E-state index contributed by atoms with van der Waals surface area (Å²) in [6.45, 7) is 2.21. The lowest BCUT2D eigenvalue weighted by Crippen LogP contribution is -2.60. The summed E-state index contributed by atoms with van der Waals surface area (Å²) in [6, 6.07) is 2.92. The lowest BCUT2D eigenvalue weighted by molar-refractivity contribution is -0.154. The molecule has 1 unspecified atom stereocenters. The van der Waals surface area contributed by atoms with Gasteiger partial charge in [-0.3, -0.25) is 9.59 Å². The van der Waals surface area contributed by atoms with Crippen molar-refractivity contribution in [3.63, 3.8) is 0 Å². The van der Waals surface area contributed by atoms with Crippen LogP contribution < -0.4 is 16.0 Å². The Kier molecular flexibility index (Phi) is 7.85. The van der Waals surface area contributed by atoms with E-state index in [-0.39, 0.29) is 24.8 Å². The number of aliphatic hydroxyl groups excluding tert-OH is 1. The fourth-order valence-corrected chi connectivity index (χ4v) is 4.52. The molecule has 1 fully saturated rings. The summed E-state index contributed by atoms with van der Waals surface area (Å²) in [6.07, 6.45) is 3.68. The minimum Gasteiger partial charge on any atom is -0.388 e. The molecule has 9 heteroatoms. The van der Waals surface area contributed by atoms with Crippen molar-refractivity contribution in [1.29, 1.82) is 0 Å². The third kappa shape index (κ3) is 6.38. The molecule has 6 N–H and O–H groups in total. The normalized spacial score (nSPS) is 24.1. The smallest absolute Gasteiger partial charge is 0.220 e. The largest absolute Gasteiger partial charge is 0.388 e. The number of aliphatic hydroxyl groups is 3. The highest BCUT2D eigenvalue weighted by atomic mass is 16.5. The molecule has 1 aromatic rings. The number of aryl methyl sites for hydroxylation is 2. The molecule has 1 aromatic heterocycles. The Morgan fingerprint density at radius 2 is 2.03 bits per heavy atom. The van der Waals surface area contributed by atoms with Gasteiger partial charge in [0, 0.05) is 31.6 Å². The van der Waals surface area contributed by atoms with Crippen molar-refractivity contribution in [3.8, 4) is 0 Å². The van der Waals surface area contributed by atoms with Gasteiger partial charge in [-0.25, -0.2) is 4.98 Å². The number of rotatable bonds is 8. The quantitative estimate of drug-likeness (QED) is 0.324. The van der Waals surface area contributed by atoms with Gasteiger partial charge in [-0.15, -0.1) is 0 Å². The maximum absolute atomic E-state index is 12.3. The van der Waals surface area contributed by atoms with Gasteiger partial charge >= 0.3 is 0 Å². The maximum Gasteiger partial charge on any atom is 0.220 e. The fraction of sp³-hybridized carbons (Fsp3) is 0.682. The van der Waals surface area contributed by atoms with E-state index in [1.165, 1.54) is 12.5 Å². The summed E-state index contributed by atoms with van der Waals surface area (Å²) in [5, 5.41) is 38.6. The van der Waals surface area contributed by atoms with Crippen molar-refractivity contribution in [1.82, 2.24) is 15.6 Å². The molecule has 1 saturated carbocycles. The monoisotopic (exact) mass is 434 g/mol. The van der Waals surface area contributed by atoms with Gasteiger partial charge in [-0.1, -0.05) is 6.07 Å². The fourth-order valence-electron chi connectivity index (χ4n) is 4.52. The van der Waals surface area contributed by atoms with Gasteiger partial charge in [0.15, 0.2) is 6.29 Å². The number of amides is 2. The zero-order valence-corrected chi connectivity index (χ0v) is 18.1. The number of nitrogens with one attached hydrogen (secondary N) is 3. The van der Waals surface area contributed by atoms with Gasteiger partial charge in [0.1, 0.15) is 11.9 Å². The lowest BCUT2D eigenvalue weighted by Gasteiger charge is -2.42. The van der Waals surface area contributed by atoms with Crippen LogP contribution in [0.15, 0.2) is 12.1 Å². The molecule has 0 spiro atoms. The molecule has 2 amide bonds. The highest BCUT2D eigenvalue weighted by Crippen LogP contribution is 2.32. The summed E-state index contributed by atoms with van der Waals surface area (Å²) in [7, 11) is 0. The van der Waals surface area contributed by atoms with Gasteiger partial charge in [-0.05, 0) is 63.0 Å². The highest BCUT2D eigenvalue weighted by molar-refractivity contribution is 5.76. The maximum atomic E-state index is 12.3. The first-order chi connectivity index (χ1) is 14.8. The van der Waals surface area contributed by atoms with E-state index in [4.69, 9.17) is 0 Å². The average Bonchev–Trinajstić information content (AvgIpc) is 2.73. The van der Waals surface area contributed by atoms with E-state index >= 15 is 0 Å². The van der Waals surface area contributed by atoms with Gasteiger partial charge < -0.3 is 31.3 Å². The Morgan fingerprint density at radius 3 is 2.71 bits per heavy atom. The van der Waals surface area contributed by atoms with Crippen LogP contribution in [-0.2, 0) is 22.4 Å². The summed E-state index contributed by atoms with van der Waals surface area (Å²) >= 11 is 0. The SMILES string of the molecule is CC(=O)NC(C(O)O)C1(O)CCC(NC(=O)CCCc2ccc3c(n2)NCCC3)CC1. The predicted molar refractivity (Wildman–Crippen MR) is 115 cm³/mol. The Hall–Kier alpha value is -2.23. The van der Waals surface area contributed by atoms with E-state index in [1.54, 1.807) is 0 Å². The molecular formula is C22H34N4O5. The number of carbonyl (C=O) groups is 2. The molecule has 1 atom stereocenters. The molecule has 1 aliphatic carbocycles. The molecule has 172 valence electrons. The minimum absolute atomic E-state index is 0.0351. The zero-order valence-electron chi connectivity index (χ0n) is 18.1. The Labute approximate surface area is 182 Å². The van der Waals surface area contributed by atoms with E-state index in [2.05, 4.69) is 27.0 Å². The number of pyridine rings is 1. The Balaban J connectivity index is 1.41. The van der Waals surface area contributed by atoms with E-state index in [0.717, 1.165) is 37.3 Å². The van der Waals surface area contributed by atoms with Crippen LogP contribution in [0.3, 0.4) is 0 Å². The summed E-state index contributed by atoms with van der Waals surface area (Å²) in [5.74, 6) is 0.492. The van der Waals surface area contributed by atoms with E-state index < -0.39 is 23.8 Å². The highest BCUT2D eigenvalue weighted by Gasteiger charge is 2.44. The first kappa shape index (κ1) is 23.4. The first-order valence-electron chi connectivity index (χ1n) is 11.1. The van der Waals surface area contributed by atoms with Gasteiger partial charge in [0.25, 0.3) is 0 Å². The third-order valence-electron chi connectivity index (χ3n) is 6.24. The second kappa shape index (κ2) is 10.4. The van der Waals surface area contributed by atoms with E-state index in [1.807, 2.05) is 6.07 Å². The number of anilines is 1. The van der Waals surface area contributed by atoms with Crippen LogP contribution in [0, 0.1) is 0 Å². The molecule has 2 aliphatic rings. The second-order valence-corrected chi connectivity index (χ2v) is 8.73. The molecule has 3 rings (SSSR count).